The van der Waals surface area contributed by atoms with Gasteiger partial charge in [0.2, 0.25) is 0 Å². The zero-order valence-corrected chi connectivity index (χ0v) is 11.4. The van der Waals surface area contributed by atoms with Crippen molar-refractivity contribution in [2.24, 2.45) is 5.41 Å². The van der Waals surface area contributed by atoms with Crippen LogP contribution in [0.25, 0.3) is 22.6 Å². The lowest BCUT2D eigenvalue weighted by Crippen LogP contribution is -2.28. The fourth-order valence-corrected chi connectivity index (χ4v) is 2.16. The van der Waals surface area contributed by atoms with Crippen LogP contribution in [0.15, 0.2) is 24.3 Å². The van der Waals surface area contributed by atoms with Gasteiger partial charge in [0.15, 0.2) is 0 Å². The van der Waals surface area contributed by atoms with Gasteiger partial charge < -0.3 is 4.98 Å². The first-order chi connectivity index (χ1) is 7.95. The van der Waals surface area contributed by atoms with Crippen LogP contribution in [-0.2, 0) is 0 Å². The summed E-state index contributed by atoms with van der Waals surface area (Å²) in [4.78, 5) is 3.49. The van der Waals surface area contributed by atoms with E-state index in [0.717, 1.165) is 0 Å². The van der Waals surface area contributed by atoms with Crippen molar-refractivity contribution >= 4 is 22.6 Å². The Morgan fingerprint density at radius 2 is 1.82 bits per heavy atom. The summed E-state index contributed by atoms with van der Waals surface area (Å²) in [6, 6.07) is 8.52. The van der Waals surface area contributed by atoms with Gasteiger partial charge in [-0.25, -0.2) is 0 Å². The van der Waals surface area contributed by atoms with E-state index in [0.29, 0.717) is 0 Å². The van der Waals surface area contributed by atoms with E-state index in [4.69, 9.17) is 0 Å². The van der Waals surface area contributed by atoms with E-state index in [-0.39, 0.29) is 5.41 Å². The fraction of sp³-hybridized carbons (Fsp3) is 0.375. The number of H-pyrrole nitrogens is 1. The molecule has 17 heavy (non-hydrogen) atoms. The van der Waals surface area contributed by atoms with E-state index >= 15 is 0 Å². The van der Waals surface area contributed by atoms with Crippen molar-refractivity contribution in [2.45, 2.75) is 34.6 Å². The van der Waals surface area contributed by atoms with Crippen LogP contribution in [0.4, 0.5) is 0 Å². The lowest BCUT2D eigenvalue weighted by molar-refractivity contribution is 0.558. The highest BCUT2D eigenvalue weighted by Gasteiger charge is 2.15. The van der Waals surface area contributed by atoms with Crippen molar-refractivity contribution in [3.05, 3.63) is 34.8 Å². The van der Waals surface area contributed by atoms with Crippen LogP contribution in [0.2, 0.25) is 0 Å². The molecule has 90 valence electrons. The van der Waals surface area contributed by atoms with Gasteiger partial charge in [-0.1, -0.05) is 50.6 Å². The molecule has 1 N–H and O–H groups in total. The normalized spacial score (nSPS) is 15.5. The zero-order valence-electron chi connectivity index (χ0n) is 11.4. The Labute approximate surface area is 103 Å². The Morgan fingerprint density at radius 3 is 2.41 bits per heavy atom. The molecule has 0 aliphatic carbocycles. The number of rotatable bonds is 0. The molecule has 0 saturated heterocycles. The van der Waals surface area contributed by atoms with Gasteiger partial charge in [0, 0.05) is 21.5 Å². The standard InChI is InChI=1S/C16H21N/c1-6-13-15(11(2)16(3,4)5)12-9-7-8-10-14(12)17-13/h6-10,17H,1-5H3/b13-6+,15-11-. The molecule has 1 aromatic carbocycles. The number of aromatic amines is 1. The summed E-state index contributed by atoms with van der Waals surface area (Å²) in [6.45, 7) is 11.1. The molecule has 1 heterocycles. The van der Waals surface area contributed by atoms with E-state index in [2.05, 4.69) is 69.9 Å². The van der Waals surface area contributed by atoms with Crippen molar-refractivity contribution in [3.63, 3.8) is 0 Å². The van der Waals surface area contributed by atoms with Gasteiger partial charge in [0.05, 0.1) is 0 Å². The first-order valence-electron chi connectivity index (χ1n) is 6.19. The molecule has 1 aromatic heterocycles. The van der Waals surface area contributed by atoms with Gasteiger partial charge in [-0.15, -0.1) is 0 Å². The summed E-state index contributed by atoms with van der Waals surface area (Å²) >= 11 is 0. The van der Waals surface area contributed by atoms with Crippen LogP contribution in [-0.4, -0.2) is 4.98 Å². The molecule has 0 saturated carbocycles. The molecule has 0 bridgehead atoms. The fourth-order valence-electron chi connectivity index (χ4n) is 2.16. The van der Waals surface area contributed by atoms with Gasteiger partial charge in [-0.3, -0.25) is 0 Å². The number of para-hydroxylation sites is 1. The molecule has 0 atom stereocenters. The third kappa shape index (κ3) is 2.02. The van der Waals surface area contributed by atoms with E-state index < -0.39 is 0 Å². The van der Waals surface area contributed by atoms with Gasteiger partial charge in [-0.2, -0.15) is 0 Å². The predicted molar refractivity (Wildman–Crippen MR) is 76.2 cm³/mol. The second kappa shape index (κ2) is 4.06. The second-order valence-electron chi connectivity index (χ2n) is 5.62. The number of hydrogen-bond acceptors (Lipinski definition) is 0. The molecular weight excluding hydrogens is 206 g/mol. The minimum absolute atomic E-state index is 0.197. The Morgan fingerprint density at radius 1 is 1.18 bits per heavy atom. The quantitative estimate of drug-likeness (QED) is 0.711. The van der Waals surface area contributed by atoms with Gasteiger partial charge >= 0.3 is 0 Å². The van der Waals surface area contributed by atoms with E-state index in [9.17, 15) is 0 Å². The molecule has 0 spiro atoms. The minimum Gasteiger partial charge on any atom is -0.355 e. The maximum absolute atomic E-state index is 3.49. The number of hydrogen-bond donors (Lipinski definition) is 1. The molecule has 0 aliphatic rings. The minimum atomic E-state index is 0.197. The molecule has 0 unspecified atom stereocenters. The molecule has 2 rings (SSSR count). The third-order valence-corrected chi connectivity index (χ3v) is 3.52. The molecule has 0 amide bonds. The summed E-state index contributed by atoms with van der Waals surface area (Å²) < 4.78 is 0. The molecule has 1 nitrogen and oxygen atoms in total. The van der Waals surface area contributed by atoms with Crippen molar-refractivity contribution in [1.29, 1.82) is 0 Å². The van der Waals surface area contributed by atoms with Crippen molar-refractivity contribution < 1.29 is 0 Å². The average molecular weight is 227 g/mol. The summed E-state index contributed by atoms with van der Waals surface area (Å²) in [5.41, 5.74) is 2.85. The summed E-state index contributed by atoms with van der Waals surface area (Å²) in [6.07, 6.45) is 2.16. The third-order valence-electron chi connectivity index (χ3n) is 3.52. The van der Waals surface area contributed by atoms with Crippen LogP contribution in [0.5, 0.6) is 0 Å². The largest absolute Gasteiger partial charge is 0.355 e. The van der Waals surface area contributed by atoms with Gasteiger partial charge in [0.25, 0.3) is 0 Å². The van der Waals surface area contributed by atoms with Crippen LogP contribution < -0.4 is 10.6 Å². The maximum Gasteiger partial charge on any atom is 0.0464 e. The summed E-state index contributed by atoms with van der Waals surface area (Å²) in [7, 11) is 0. The van der Waals surface area contributed by atoms with Crippen molar-refractivity contribution in [2.75, 3.05) is 0 Å². The van der Waals surface area contributed by atoms with E-state index in [1.54, 1.807) is 0 Å². The molecule has 0 aliphatic heterocycles. The Kier molecular flexibility index (Phi) is 2.86. The molecule has 0 radical (unpaired) electrons. The SMILES string of the molecule is C/C=c1/[nH]c2ccccc2/c1=C(\C)C(C)(C)C. The second-order valence-corrected chi connectivity index (χ2v) is 5.62. The van der Waals surface area contributed by atoms with Crippen LogP contribution >= 0.6 is 0 Å². The number of benzene rings is 1. The number of aromatic nitrogens is 1. The van der Waals surface area contributed by atoms with Gasteiger partial charge in [0.1, 0.15) is 0 Å². The first kappa shape index (κ1) is 12.0. The van der Waals surface area contributed by atoms with Crippen molar-refractivity contribution in [3.8, 4) is 0 Å². The monoisotopic (exact) mass is 227 g/mol. The van der Waals surface area contributed by atoms with Crippen molar-refractivity contribution in [1.82, 2.24) is 4.98 Å². The predicted octanol–water partition coefficient (Wildman–Crippen LogP) is 3.19. The summed E-state index contributed by atoms with van der Waals surface area (Å²) in [5.74, 6) is 0. The van der Waals surface area contributed by atoms with E-state index in [1.165, 1.54) is 27.0 Å². The molecule has 2 aromatic rings. The van der Waals surface area contributed by atoms with Crippen LogP contribution in [0.3, 0.4) is 0 Å². The highest BCUT2D eigenvalue weighted by Crippen LogP contribution is 2.24. The maximum atomic E-state index is 3.49. The van der Waals surface area contributed by atoms with Crippen LogP contribution in [0.1, 0.15) is 34.6 Å². The topological polar surface area (TPSA) is 15.8 Å². The number of fused-ring (bicyclic) bond motifs is 1. The molecule has 0 fully saturated rings. The average Bonchev–Trinajstić information content (AvgIpc) is 2.64. The van der Waals surface area contributed by atoms with Gasteiger partial charge in [-0.05, 0) is 25.3 Å². The lowest BCUT2D eigenvalue weighted by Gasteiger charge is -2.19. The molecule has 1 heteroatoms. The Hall–Kier alpha value is -1.50. The molecular formula is C16H21N. The Balaban J connectivity index is 3.04. The Bertz CT molecular complexity index is 651. The first-order valence-corrected chi connectivity index (χ1v) is 6.19. The summed E-state index contributed by atoms with van der Waals surface area (Å²) in [5, 5.41) is 3.93. The smallest absolute Gasteiger partial charge is 0.0464 e. The lowest BCUT2D eigenvalue weighted by atomic mass is 9.86. The van der Waals surface area contributed by atoms with Crippen LogP contribution in [0, 0.1) is 5.41 Å². The van der Waals surface area contributed by atoms with E-state index in [1.807, 2.05) is 0 Å². The number of nitrogens with one attached hydrogen (secondary N) is 1. The highest BCUT2D eigenvalue weighted by molar-refractivity contribution is 5.82. The zero-order chi connectivity index (χ0) is 12.6. The highest BCUT2D eigenvalue weighted by atomic mass is 14.7.